The van der Waals surface area contributed by atoms with Crippen molar-refractivity contribution >= 4 is 39.6 Å². The third-order valence-electron chi connectivity index (χ3n) is 5.10. The fourth-order valence-corrected chi connectivity index (χ4v) is 4.33. The van der Waals surface area contributed by atoms with E-state index in [0.29, 0.717) is 0 Å². The Morgan fingerprint density at radius 3 is 2.71 bits per heavy atom. The standard InChI is InChI=1S/C25H20N4OS/c1-17-9-11-19(12-10-17)27-24(30)16-31-25-23-15-22(28-29(23)14-13-26-25)21-8-4-6-18-5-2-3-7-20(18)21/h2-15H,16H2,1H3,(H,27,30). The monoisotopic (exact) mass is 424 g/mol. The summed E-state index contributed by atoms with van der Waals surface area (Å²) >= 11 is 1.41. The minimum absolute atomic E-state index is 0.0635. The lowest BCUT2D eigenvalue weighted by Crippen LogP contribution is -2.14. The van der Waals surface area contributed by atoms with E-state index in [1.807, 2.05) is 66.2 Å². The molecule has 0 aliphatic rings. The highest BCUT2D eigenvalue weighted by Crippen LogP contribution is 2.30. The van der Waals surface area contributed by atoms with Crippen LogP contribution in [0.3, 0.4) is 0 Å². The second-order valence-electron chi connectivity index (χ2n) is 7.32. The van der Waals surface area contributed by atoms with Gasteiger partial charge in [0.2, 0.25) is 5.91 Å². The van der Waals surface area contributed by atoms with Gasteiger partial charge in [-0.3, -0.25) is 4.79 Å². The van der Waals surface area contributed by atoms with Crippen LogP contribution in [0.15, 0.2) is 90.2 Å². The third kappa shape index (κ3) is 4.02. The molecule has 6 heteroatoms. The minimum atomic E-state index is -0.0635. The summed E-state index contributed by atoms with van der Waals surface area (Å²) in [6.07, 6.45) is 3.55. The van der Waals surface area contributed by atoms with Crippen LogP contribution in [0.2, 0.25) is 0 Å². The Morgan fingerprint density at radius 1 is 1.03 bits per heavy atom. The molecule has 0 fully saturated rings. The maximum Gasteiger partial charge on any atom is 0.234 e. The number of rotatable bonds is 5. The number of amides is 1. The van der Waals surface area contributed by atoms with Crippen LogP contribution in [-0.4, -0.2) is 26.3 Å². The van der Waals surface area contributed by atoms with Crippen LogP contribution >= 0.6 is 11.8 Å². The predicted molar refractivity (Wildman–Crippen MR) is 126 cm³/mol. The lowest BCUT2D eigenvalue weighted by Gasteiger charge is -2.06. The molecule has 1 N–H and O–H groups in total. The van der Waals surface area contributed by atoms with Crippen molar-refractivity contribution in [3.63, 3.8) is 0 Å². The van der Waals surface area contributed by atoms with Gasteiger partial charge in [0.15, 0.2) is 0 Å². The summed E-state index contributed by atoms with van der Waals surface area (Å²) in [4.78, 5) is 16.9. The molecule has 0 bridgehead atoms. The molecule has 0 aliphatic carbocycles. The van der Waals surface area contributed by atoms with Crippen LogP contribution in [0.1, 0.15) is 5.56 Å². The second-order valence-corrected chi connectivity index (χ2v) is 8.29. The third-order valence-corrected chi connectivity index (χ3v) is 6.09. The van der Waals surface area contributed by atoms with Crippen molar-refractivity contribution in [1.82, 2.24) is 14.6 Å². The maximum absolute atomic E-state index is 12.4. The zero-order valence-electron chi connectivity index (χ0n) is 16.9. The van der Waals surface area contributed by atoms with Crippen molar-refractivity contribution in [2.45, 2.75) is 11.9 Å². The molecule has 0 saturated heterocycles. The predicted octanol–water partition coefficient (Wildman–Crippen LogP) is 5.59. The molecule has 31 heavy (non-hydrogen) atoms. The molecule has 0 spiro atoms. The Labute approximate surface area is 184 Å². The van der Waals surface area contributed by atoms with Gasteiger partial charge in [0.25, 0.3) is 0 Å². The second kappa shape index (κ2) is 8.24. The topological polar surface area (TPSA) is 59.3 Å². The van der Waals surface area contributed by atoms with E-state index in [-0.39, 0.29) is 11.7 Å². The SMILES string of the molecule is Cc1ccc(NC(=O)CSc2nccn3nc(-c4cccc5ccccc45)cc23)cc1. The molecule has 3 aromatic carbocycles. The highest BCUT2D eigenvalue weighted by molar-refractivity contribution is 8.00. The first-order chi connectivity index (χ1) is 15.2. The van der Waals surface area contributed by atoms with Crippen molar-refractivity contribution in [1.29, 1.82) is 0 Å². The number of benzene rings is 3. The van der Waals surface area contributed by atoms with Crippen molar-refractivity contribution in [2.24, 2.45) is 0 Å². The summed E-state index contributed by atoms with van der Waals surface area (Å²) in [6, 6.07) is 24.3. The number of hydrogen-bond acceptors (Lipinski definition) is 4. The lowest BCUT2D eigenvalue weighted by atomic mass is 10.0. The molecular formula is C25H20N4OS. The van der Waals surface area contributed by atoms with Crippen LogP contribution in [-0.2, 0) is 4.79 Å². The van der Waals surface area contributed by atoms with E-state index in [1.165, 1.54) is 17.1 Å². The molecule has 5 nitrogen and oxygen atoms in total. The fraction of sp³-hybridized carbons (Fsp3) is 0.0800. The van der Waals surface area contributed by atoms with Gasteiger partial charge in [-0.05, 0) is 35.9 Å². The zero-order valence-corrected chi connectivity index (χ0v) is 17.8. The molecule has 0 atom stereocenters. The summed E-state index contributed by atoms with van der Waals surface area (Å²) in [5.41, 5.74) is 4.81. The number of carbonyl (C=O) groups excluding carboxylic acids is 1. The van der Waals surface area contributed by atoms with Crippen LogP contribution in [0.4, 0.5) is 5.69 Å². The van der Waals surface area contributed by atoms with Gasteiger partial charge in [-0.1, -0.05) is 71.9 Å². The van der Waals surface area contributed by atoms with E-state index in [0.717, 1.165) is 38.4 Å². The molecule has 2 aromatic heterocycles. The van der Waals surface area contributed by atoms with Gasteiger partial charge in [0.1, 0.15) is 5.03 Å². The highest BCUT2D eigenvalue weighted by atomic mass is 32.2. The van der Waals surface area contributed by atoms with E-state index in [9.17, 15) is 4.79 Å². The lowest BCUT2D eigenvalue weighted by molar-refractivity contribution is -0.113. The van der Waals surface area contributed by atoms with Gasteiger partial charge in [-0.2, -0.15) is 5.10 Å². The Balaban J connectivity index is 1.40. The van der Waals surface area contributed by atoms with Crippen LogP contribution < -0.4 is 5.32 Å². The number of fused-ring (bicyclic) bond motifs is 2. The van der Waals surface area contributed by atoms with Gasteiger partial charge in [-0.15, -0.1) is 0 Å². The van der Waals surface area contributed by atoms with E-state index in [2.05, 4.69) is 34.6 Å². The van der Waals surface area contributed by atoms with Crippen molar-refractivity contribution in [2.75, 3.05) is 11.1 Å². The normalized spacial score (nSPS) is 11.1. The van der Waals surface area contributed by atoms with Gasteiger partial charge in [0, 0.05) is 23.6 Å². The molecule has 1 amide bonds. The molecule has 0 radical (unpaired) electrons. The fourth-order valence-electron chi connectivity index (χ4n) is 3.56. The summed E-state index contributed by atoms with van der Waals surface area (Å²) in [5, 5.41) is 10.8. The first-order valence-electron chi connectivity index (χ1n) is 9.99. The Bertz CT molecular complexity index is 1390. The Hall–Kier alpha value is -3.64. The number of nitrogens with one attached hydrogen (secondary N) is 1. The summed E-state index contributed by atoms with van der Waals surface area (Å²) < 4.78 is 1.82. The molecule has 152 valence electrons. The molecule has 5 aromatic rings. The Kier molecular flexibility index (Phi) is 5.14. The minimum Gasteiger partial charge on any atom is -0.325 e. The largest absolute Gasteiger partial charge is 0.325 e. The number of anilines is 1. The van der Waals surface area contributed by atoms with Crippen LogP contribution in [0.5, 0.6) is 0 Å². The first-order valence-corrected chi connectivity index (χ1v) is 11.0. The van der Waals surface area contributed by atoms with Crippen molar-refractivity contribution in [3.8, 4) is 11.3 Å². The van der Waals surface area contributed by atoms with Gasteiger partial charge in [0.05, 0.1) is 17.0 Å². The van der Waals surface area contributed by atoms with E-state index < -0.39 is 0 Å². The number of aryl methyl sites for hydroxylation is 1. The molecule has 5 rings (SSSR count). The smallest absolute Gasteiger partial charge is 0.234 e. The zero-order chi connectivity index (χ0) is 21.2. The number of carbonyl (C=O) groups is 1. The number of thioether (sulfide) groups is 1. The van der Waals surface area contributed by atoms with Gasteiger partial charge in [-0.25, -0.2) is 9.50 Å². The molecule has 0 aliphatic heterocycles. The maximum atomic E-state index is 12.4. The Morgan fingerprint density at radius 2 is 1.84 bits per heavy atom. The average molecular weight is 425 g/mol. The summed E-state index contributed by atoms with van der Waals surface area (Å²) in [6.45, 7) is 2.02. The molecular weight excluding hydrogens is 404 g/mol. The average Bonchev–Trinajstić information content (AvgIpc) is 3.23. The van der Waals surface area contributed by atoms with E-state index in [4.69, 9.17) is 5.10 Å². The summed E-state index contributed by atoms with van der Waals surface area (Å²) in [5.74, 6) is 0.210. The quantitative estimate of drug-likeness (QED) is 0.374. The van der Waals surface area contributed by atoms with Crippen molar-refractivity contribution < 1.29 is 4.79 Å². The molecule has 0 saturated carbocycles. The van der Waals surface area contributed by atoms with Gasteiger partial charge >= 0.3 is 0 Å². The number of aromatic nitrogens is 3. The van der Waals surface area contributed by atoms with Crippen LogP contribution in [0, 0.1) is 6.92 Å². The van der Waals surface area contributed by atoms with Crippen molar-refractivity contribution in [3.05, 3.63) is 90.8 Å². The van der Waals surface area contributed by atoms with Gasteiger partial charge < -0.3 is 5.32 Å². The molecule has 0 unspecified atom stereocenters. The van der Waals surface area contributed by atoms with E-state index in [1.54, 1.807) is 6.20 Å². The number of hydrogen-bond donors (Lipinski definition) is 1. The number of nitrogens with zero attached hydrogens (tertiary/aromatic N) is 3. The van der Waals surface area contributed by atoms with Crippen LogP contribution in [0.25, 0.3) is 27.5 Å². The first kappa shape index (κ1) is 19.3. The summed E-state index contributed by atoms with van der Waals surface area (Å²) in [7, 11) is 0. The highest BCUT2D eigenvalue weighted by Gasteiger charge is 2.13. The van der Waals surface area contributed by atoms with E-state index >= 15 is 0 Å². The molecule has 2 heterocycles.